The second-order valence-electron chi connectivity index (χ2n) is 3.35. The van der Waals surface area contributed by atoms with Crippen LogP contribution in [0.2, 0.25) is 0 Å². The highest BCUT2D eigenvalue weighted by Gasteiger charge is 2.35. The van der Waals surface area contributed by atoms with Crippen molar-refractivity contribution in [3.8, 4) is 5.75 Å². The molecule has 1 aromatic rings. The lowest BCUT2D eigenvalue weighted by atomic mass is 10.1. The quantitative estimate of drug-likeness (QED) is 0.831. The number of alkyl halides is 1. The second-order valence-corrected chi connectivity index (χ2v) is 3.73. The van der Waals surface area contributed by atoms with Crippen molar-refractivity contribution in [2.45, 2.75) is 6.10 Å². The standard InChI is InChI=1S/C11H10ClNO4/c12-5-6-16-8-4-2-1-3-7(8)9-10(14)13-11(15)17-9/h1-4,9H,5-6H2,(H,13,14,15). The Balaban J connectivity index is 2.25. The van der Waals surface area contributed by atoms with Crippen LogP contribution in [0.15, 0.2) is 24.3 Å². The Bertz CT molecular complexity index is 449. The summed E-state index contributed by atoms with van der Waals surface area (Å²) >= 11 is 5.53. The van der Waals surface area contributed by atoms with Crippen LogP contribution in [0.3, 0.4) is 0 Å². The number of carbonyl (C=O) groups excluding carboxylic acids is 2. The van der Waals surface area contributed by atoms with Crippen molar-refractivity contribution in [3.05, 3.63) is 29.8 Å². The SMILES string of the molecule is O=C1NC(=O)C(c2ccccc2OCCCl)O1. The lowest BCUT2D eigenvalue weighted by Gasteiger charge is -2.12. The first-order chi connectivity index (χ1) is 8.22. The normalized spacial score (nSPS) is 18.8. The van der Waals surface area contributed by atoms with Crippen LogP contribution in [0.4, 0.5) is 4.79 Å². The molecule has 90 valence electrons. The van der Waals surface area contributed by atoms with Crippen molar-refractivity contribution < 1.29 is 19.1 Å². The lowest BCUT2D eigenvalue weighted by Crippen LogP contribution is -2.20. The Kier molecular flexibility index (Phi) is 3.49. The lowest BCUT2D eigenvalue weighted by molar-refractivity contribution is -0.123. The summed E-state index contributed by atoms with van der Waals surface area (Å²) in [6, 6.07) is 6.87. The first-order valence-corrected chi connectivity index (χ1v) is 5.55. The number of nitrogens with one attached hydrogen (secondary N) is 1. The number of hydrogen-bond donors (Lipinski definition) is 1. The third kappa shape index (κ3) is 2.50. The van der Waals surface area contributed by atoms with Gasteiger partial charge in [0, 0.05) is 5.56 Å². The zero-order valence-electron chi connectivity index (χ0n) is 8.81. The van der Waals surface area contributed by atoms with Crippen molar-refractivity contribution in [2.75, 3.05) is 12.5 Å². The molecule has 6 heteroatoms. The Morgan fingerprint density at radius 2 is 2.12 bits per heavy atom. The molecule has 0 aliphatic carbocycles. The molecule has 2 rings (SSSR count). The molecule has 17 heavy (non-hydrogen) atoms. The summed E-state index contributed by atoms with van der Waals surface area (Å²) in [4.78, 5) is 22.4. The molecular weight excluding hydrogens is 246 g/mol. The molecule has 1 aliphatic rings. The summed E-state index contributed by atoms with van der Waals surface area (Å²) in [7, 11) is 0. The van der Waals surface area contributed by atoms with Crippen LogP contribution in [-0.2, 0) is 9.53 Å². The van der Waals surface area contributed by atoms with Gasteiger partial charge in [0.2, 0.25) is 6.10 Å². The van der Waals surface area contributed by atoms with E-state index in [-0.39, 0.29) is 0 Å². The average Bonchev–Trinajstić information content (AvgIpc) is 2.66. The van der Waals surface area contributed by atoms with E-state index in [0.29, 0.717) is 23.8 Å². The third-order valence-electron chi connectivity index (χ3n) is 2.22. The maximum absolute atomic E-state index is 11.5. The molecule has 1 atom stereocenters. The van der Waals surface area contributed by atoms with E-state index in [1.54, 1.807) is 24.3 Å². The van der Waals surface area contributed by atoms with Crippen LogP contribution in [0.1, 0.15) is 11.7 Å². The van der Waals surface area contributed by atoms with Crippen LogP contribution in [0.5, 0.6) is 5.75 Å². The van der Waals surface area contributed by atoms with E-state index in [1.165, 1.54) is 0 Å². The van der Waals surface area contributed by atoms with Gasteiger partial charge in [-0.25, -0.2) is 4.79 Å². The number of cyclic esters (lactones) is 1. The van der Waals surface area contributed by atoms with Crippen LogP contribution < -0.4 is 10.1 Å². The fourth-order valence-electron chi connectivity index (χ4n) is 1.54. The zero-order chi connectivity index (χ0) is 12.3. The number of carbonyl (C=O) groups is 2. The predicted octanol–water partition coefficient (Wildman–Crippen LogP) is 1.61. The van der Waals surface area contributed by atoms with E-state index in [9.17, 15) is 9.59 Å². The van der Waals surface area contributed by atoms with Crippen LogP contribution >= 0.6 is 11.6 Å². The Morgan fingerprint density at radius 3 is 2.76 bits per heavy atom. The highest BCUT2D eigenvalue weighted by atomic mass is 35.5. The van der Waals surface area contributed by atoms with Gasteiger partial charge in [0.25, 0.3) is 5.91 Å². The van der Waals surface area contributed by atoms with Gasteiger partial charge in [0.1, 0.15) is 12.4 Å². The summed E-state index contributed by atoms with van der Waals surface area (Å²) in [5.41, 5.74) is 0.515. The minimum atomic E-state index is -0.950. The van der Waals surface area contributed by atoms with E-state index in [2.05, 4.69) is 5.32 Å². The molecule has 5 nitrogen and oxygen atoms in total. The van der Waals surface area contributed by atoms with Gasteiger partial charge in [-0.1, -0.05) is 18.2 Å². The number of amides is 2. The molecule has 0 spiro atoms. The predicted molar refractivity (Wildman–Crippen MR) is 60.0 cm³/mol. The number of ether oxygens (including phenoxy) is 2. The van der Waals surface area contributed by atoms with Gasteiger partial charge in [-0.05, 0) is 6.07 Å². The Morgan fingerprint density at radius 1 is 1.35 bits per heavy atom. The Hall–Kier alpha value is -1.75. The number of halogens is 1. The van der Waals surface area contributed by atoms with E-state index >= 15 is 0 Å². The van der Waals surface area contributed by atoms with Crippen molar-refractivity contribution in [1.29, 1.82) is 0 Å². The summed E-state index contributed by atoms with van der Waals surface area (Å²) in [6.07, 6.45) is -1.69. The smallest absolute Gasteiger partial charge is 0.415 e. The molecule has 1 fully saturated rings. The molecule has 0 aromatic heterocycles. The van der Waals surface area contributed by atoms with Crippen LogP contribution in [0.25, 0.3) is 0 Å². The van der Waals surface area contributed by atoms with Gasteiger partial charge in [-0.15, -0.1) is 11.6 Å². The molecule has 0 radical (unpaired) electrons. The molecule has 1 heterocycles. The maximum Gasteiger partial charge on any atom is 0.415 e. The minimum absolute atomic E-state index is 0.320. The molecule has 0 bridgehead atoms. The third-order valence-corrected chi connectivity index (χ3v) is 2.38. The van der Waals surface area contributed by atoms with Gasteiger partial charge in [-0.3, -0.25) is 10.1 Å². The minimum Gasteiger partial charge on any atom is -0.492 e. The summed E-state index contributed by atoms with van der Waals surface area (Å²) in [5, 5.41) is 2.07. The van der Waals surface area contributed by atoms with Crippen molar-refractivity contribution >= 4 is 23.6 Å². The number of alkyl carbamates (subject to hydrolysis) is 1. The largest absolute Gasteiger partial charge is 0.492 e. The average molecular weight is 256 g/mol. The van der Waals surface area contributed by atoms with Gasteiger partial charge < -0.3 is 9.47 Å². The monoisotopic (exact) mass is 255 g/mol. The molecule has 1 N–H and O–H groups in total. The fourth-order valence-corrected chi connectivity index (χ4v) is 1.62. The number of rotatable bonds is 4. The van der Waals surface area contributed by atoms with Crippen LogP contribution in [-0.4, -0.2) is 24.5 Å². The van der Waals surface area contributed by atoms with Crippen molar-refractivity contribution in [3.63, 3.8) is 0 Å². The Labute approximate surface area is 103 Å². The zero-order valence-corrected chi connectivity index (χ0v) is 9.57. The van der Waals surface area contributed by atoms with Crippen molar-refractivity contribution in [2.24, 2.45) is 0 Å². The van der Waals surface area contributed by atoms with Crippen LogP contribution in [0, 0.1) is 0 Å². The molecule has 0 saturated carbocycles. The van der Waals surface area contributed by atoms with Gasteiger partial charge >= 0.3 is 6.09 Å². The molecular formula is C11H10ClNO4. The first-order valence-electron chi connectivity index (χ1n) is 5.01. The number of imide groups is 1. The highest BCUT2D eigenvalue weighted by Crippen LogP contribution is 2.30. The molecule has 1 aromatic carbocycles. The van der Waals surface area contributed by atoms with Crippen molar-refractivity contribution in [1.82, 2.24) is 5.32 Å². The fraction of sp³-hybridized carbons (Fsp3) is 0.273. The molecule has 1 unspecified atom stereocenters. The molecule has 1 aliphatic heterocycles. The van der Waals surface area contributed by atoms with E-state index in [1.807, 2.05) is 0 Å². The van der Waals surface area contributed by atoms with E-state index < -0.39 is 18.1 Å². The molecule has 2 amide bonds. The van der Waals surface area contributed by atoms with E-state index in [4.69, 9.17) is 21.1 Å². The van der Waals surface area contributed by atoms with Gasteiger partial charge in [-0.2, -0.15) is 0 Å². The topological polar surface area (TPSA) is 64.6 Å². The van der Waals surface area contributed by atoms with E-state index in [0.717, 1.165) is 0 Å². The highest BCUT2D eigenvalue weighted by molar-refractivity contribution is 6.18. The number of hydrogen-bond acceptors (Lipinski definition) is 4. The number of para-hydroxylation sites is 1. The van der Waals surface area contributed by atoms with Gasteiger partial charge in [0.05, 0.1) is 5.88 Å². The number of benzene rings is 1. The van der Waals surface area contributed by atoms with Gasteiger partial charge in [0.15, 0.2) is 0 Å². The maximum atomic E-state index is 11.5. The first kappa shape index (κ1) is 11.7. The molecule has 1 saturated heterocycles. The second kappa shape index (κ2) is 5.05. The summed E-state index contributed by atoms with van der Waals surface area (Å²) in [5.74, 6) is 0.338. The summed E-state index contributed by atoms with van der Waals surface area (Å²) < 4.78 is 10.2. The summed E-state index contributed by atoms with van der Waals surface area (Å²) in [6.45, 7) is 0.320.